The Labute approximate surface area is 98.3 Å². The molecule has 1 saturated heterocycles. The normalized spacial score (nSPS) is 21.0. The van der Waals surface area contributed by atoms with Gasteiger partial charge in [-0.1, -0.05) is 11.8 Å². The molecule has 6 heteroatoms. The minimum atomic E-state index is -4.11. The van der Waals surface area contributed by atoms with Gasteiger partial charge < -0.3 is 10.1 Å². The molecule has 1 fully saturated rings. The smallest absolute Gasteiger partial charge is 0.381 e. The first kappa shape index (κ1) is 14.1. The first-order valence-electron chi connectivity index (χ1n) is 5.40. The van der Waals surface area contributed by atoms with Crippen molar-refractivity contribution in [3.8, 4) is 0 Å². The molecule has 0 aliphatic carbocycles. The molecule has 96 valence electrons. The Balaban J connectivity index is 2.38. The van der Waals surface area contributed by atoms with Crippen LogP contribution in [-0.2, 0) is 4.74 Å². The fourth-order valence-electron chi connectivity index (χ4n) is 2.08. The van der Waals surface area contributed by atoms with E-state index >= 15 is 0 Å². The molecule has 16 heavy (non-hydrogen) atoms. The average Bonchev–Trinajstić information content (AvgIpc) is 2.17. The van der Waals surface area contributed by atoms with Gasteiger partial charge in [0.05, 0.1) is 0 Å². The Hall–Kier alpha value is 0.0600. The number of thioether (sulfide) groups is 1. The fourth-order valence-corrected chi connectivity index (χ4v) is 2.84. The monoisotopic (exact) mass is 257 g/mol. The summed E-state index contributed by atoms with van der Waals surface area (Å²) in [5.41, 5.74) is -4.11. The van der Waals surface area contributed by atoms with E-state index in [1.807, 2.05) is 7.05 Å². The lowest BCUT2D eigenvalue weighted by molar-refractivity contribution is -0.0332. The molecule has 0 aromatic rings. The van der Waals surface area contributed by atoms with Crippen molar-refractivity contribution in [3.05, 3.63) is 0 Å². The molecule has 0 radical (unpaired) electrons. The Morgan fingerprint density at radius 3 is 2.44 bits per heavy atom. The zero-order valence-electron chi connectivity index (χ0n) is 9.40. The highest BCUT2D eigenvalue weighted by Crippen LogP contribution is 2.38. The molecule has 1 aliphatic rings. The molecule has 1 aliphatic heterocycles. The van der Waals surface area contributed by atoms with E-state index < -0.39 is 5.51 Å². The second kappa shape index (κ2) is 6.12. The maximum absolute atomic E-state index is 12.0. The molecule has 0 aromatic heterocycles. The van der Waals surface area contributed by atoms with E-state index in [-0.39, 0.29) is 22.9 Å². The lowest BCUT2D eigenvalue weighted by atomic mass is 9.78. The van der Waals surface area contributed by atoms with Gasteiger partial charge in [0.15, 0.2) is 0 Å². The lowest BCUT2D eigenvalue weighted by Gasteiger charge is -2.37. The lowest BCUT2D eigenvalue weighted by Crippen LogP contribution is -2.38. The SMILES string of the molecule is CNCC1(CCSC(F)(F)F)CCOCC1. The number of halogens is 3. The molecular weight excluding hydrogens is 239 g/mol. The Bertz CT molecular complexity index is 199. The highest BCUT2D eigenvalue weighted by Gasteiger charge is 2.34. The van der Waals surface area contributed by atoms with Crippen molar-refractivity contribution < 1.29 is 17.9 Å². The third kappa shape index (κ3) is 4.93. The van der Waals surface area contributed by atoms with Crippen molar-refractivity contribution in [2.24, 2.45) is 5.41 Å². The van der Waals surface area contributed by atoms with E-state index in [9.17, 15) is 13.2 Å². The zero-order chi connectivity index (χ0) is 12.1. The molecule has 2 nitrogen and oxygen atoms in total. The number of alkyl halides is 3. The van der Waals surface area contributed by atoms with E-state index in [0.29, 0.717) is 19.6 Å². The molecule has 1 N–H and O–H groups in total. The number of ether oxygens (including phenoxy) is 1. The van der Waals surface area contributed by atoms with Crippen LogP contribution in [0.3, 0.4) is 0 Å². The van der Waals surface area contributed by atoms with Gasteiger partial charge in [0.2, 0.25) is 0 Å². The van der Waals surface area contributed by atoms with Crippen LogP contribution < -0.4 is 5.32 Å². The van der Waals surface area contributed by atoms with Crippen molar-refractivity contribution in [1.29, 1.82) is 0 Å². The molecule has 1 heterocycles. The van der Waals surface area contributed by atoms with Crippen molar-refractivity contribution in [1.82, 2.24) is 5.32 Å². The molecule has 0 amide bonds. The first-order valence-corrected chi connectivity index (χ1v) is 6.39. The van der Waals surface area contributed by atoms with Gasteiger partial charge in [-0.25, -0.2) is 0 Å². The quantitative estimate of drug-likeness (QED) is 0.818. The van der Waals surface area contributed by atoms with E-state index in [4.69, 9.17) is 4.74 Å². The summed E-state index contributed by atoms with van der Waals surface area (Å²) in [6.07, 6.45) is 2.31. The topological polar surface area (TPSA) is 21.3 Å². The van der Waals surface area contributed by atoms with E-state index in [0.717, 1.165) is 19.4 Å². The molecule has 0 saturated carbocycles. The predicted octanol–water partition coefficient (Wildman–Crippen LogP) is 2.65. The predicted molar refractivity (Wildman–Crippen MR) is 59.5 cm³/mol. The largest absolute Gasteiger partial charge is 0.441 e. The van der Waals surface area contributed by atoms with Crippen LogP contribution in [0.15, 0.2) is 0 Å². The Morgan fingerprint density at radius 1 is 1.31 bits per heavy atom. The highest BCUT2D eigenvalue weighted by atomic mass is 32.2. The van der Waals surface area contributed by atoms with Crippen LogP contribution in [0.1, 0.15) is 19.3 Å². The van der Waals surface area contributed by atoms with Crippen LogP contribution in [-0.4, -0.2) is 38.1 Å². The number of rotatable bonds is 5. The maximum atomic E-state index is 12.0. The maximum Gasteiger partial charge on any atom is 0.441 e. The van der Waals surface area contributed by atoms with Gasteiger partial charge in [-0.05, 0) is 31.7 Å². The van der Waals surface area contributed by atoms with Crippen molar-refractivity contribution in [3.63, 3.8) is 0 Å². The second-order valence-electron chi connectivity index (χ2n) is 4.19. The molecular formula is C10H18F3NOS. The van der Waals surface area contributed by atoms with Crippen LogP contribution >= 0.6 is 11.8 Å². The number of hydrogen-bond donors (Lipinski definition) is 1. The van der Waals surface area contributed by atoms with Gasteiger partial charge >= 0.3 is 5.51 Å². The minimum absolute atomic E-state index is 0.00868. The standard InChI is InChI=1S/C10H18F3NOS/c1-14-8-9(2-5-15-6-3-9)4-7-16-10(11,12)13/h14H,2-8H2,1H3. The van der Waals surface area contributed by atoms with Crippen LogP contribution in [0.4, 0.5) is 13.2 Å². The van der Waals surface area contributed by atoms with Crippen molar-refractivity contribution in [2.45, 2.75) is 24.8 Å². The molecule has 0 unspecified atom stereocenters. The van der Waals surface area contributed by atoms with Crippen LogP contribution in [0.5, 0.6) is 0 Å². The minimum Gasteiger partial charge on any atom is -0.381 e. The number of hydrogen-bond acceptors (Lipinski definition) is 3. The van der Waals surface area contributed by atoms with Crippen LogP contribution in [0, 0.1) is 5.41 Å². The molecule has 0 spiro atoms. The Morgan fingerprint density at radius 2 is 1.94 bits per heavy atom. The van der Waals surface area contributed by atoms with Gasteiger partial charge in [-0.2, -0.15) is 13.2 Å². The summed E-state index contributed by atoms with van der Waals surface area (Å²) >= 11 is 0.0830. The third-order valence-electron chi connectivity index (χ3n) is 3.00. The molecule has 0 aromatic carbocycles. The summed E-state index contributed by atoms with van der Waals surface area (Å²) in [5.74, 6) is 0.144. The first-order chi connectivity index (χ1) is 7.47. The van der Waals surface area contributed by atoms with E-state index in [2.05, 4.69) is 5.32 Å². The molecule has 0 atom stereocenters. The second-order valence-corrected chi connectivity index (χ2v) is 5.35. The number of nitrogens with one attached hydrogen (secondary N) is 1. The fraction of sp³-hybridized carbons (Fsp3) is 1.00. The zero-order valence-corrected chi connectivity index (χ0v) is 10.2. The van der Waals surface area contributed by atoms with Gasteiger partial charge in [0.1, 0.15) is 0 Å². The van der Waals surface area contributed by atoms with Gasteiger partial charge in [-0.3, -0.25) is 0 Å². The van der Waals surface area contributed by atoms with Gasteiger partial charge in [0.25, 0.3) is 0 Å². The summed E-state index contributed by atoms with van der Waals surface area (Å²) in [4.78, 5) is 0. The Kier molecular flexibility index (Phi) is 5.40. The van der Waals surface area contributed by atoms with E-state index in [1.165, 1.54) is 0 Å². The van der Waals surface area contributed by atoms with Crippen molar-refractivity contribution in [2.75, 3.05) is 32.6 Å². The third-order valence-corrected chi connectivity index (χ3v) is 3.74. The summed E-state index contributed by atoms with van der Waals surface area (Å²) < 4.78 is 41.4. The summed E-state index contributed by atoms with van der Waals surface area (Å²) in [6.45, 7) is 2.10. The summed E-state index contributed by atoms with van der Waals surface area (Å²) in [6, 6.07) is 0. The average molecular weight is 257 g/mol. The highest BCUT2D eigenvalue weighted by molar-refractivity contribution is 8.00. The van der Waals surface area contributed by atoms with E-state index in [1.54, 1.807) is 0 Å². The van der Waals surface area contributed by atoms with Crippen LogP contribution in [0.25, 0.3) is 0 Å². The summed E-state index contributed by atoms with van der Waals surface area (Å²) in [7, 11) is 1.84. The van der Waals surface area contributed by atoms with Gasteiger partial charge in [-0.15, -0.1) is 0 Å². The molecule has 0 bridgehead atoms. The van der Waals surface area contributed by atoms with Crippen LogP contribution in [0.2, 0.25) is 0 Å². The van der Waals surface area contributed by atoms with Crippen molar-refractivity contribution >= 4 is 11.8 Å². The summed E-state index contributed by atoms with van der Waals surface area (Å²) in [5, 5.41) is 3.08. The van der Waals surface area contributed by atoms with Gasteiger partial charge in [0, 0.05) is 25.5 Å². The molecule has 1 rings (SSSR count).